The second kappa shape index (κ2) is 3.54. The minimum atomic E-state index is -0.0818. The highest BCUT2D eigenvalue weighted by molar-refractivity contribution is 5.79. The molecule has 1 N–H and O–H groups in total. The topological polar surface area (TPSA) is 42.1 Å². The van der Waals surface area contributed by atoms with E-state index in [0.717, 1.165) is 16.7 Å². The molecule has 1 aromatic heterocycles. The average molecular weight is 189 g/mol. The van der Waals surface area contributed by atoms with E-state index >= 15 is 0 Å². The summed E-state index contributed by atoms with van der Waals surface area (Å²) in [6.07, 6.45) is 0. The van der Waals surface area contributed by atoms with Gasteiger partial charge in [-0.05, 0) is 31.2 Å². The van der Waals surface area contributed by atoms with Gasteiger partial charge in [-0.2, -0.15) is 0 Å². The van der Waals surface area contributed by atoms with Crippen molar-refractivity contribution in [2.45, 2.75) is 6.92 Å². The van der Waals surface area contributed by atoms with Crippen LogP contribution in [0.1, 0.15) is 6.92 Å². The zero-order valence-electron chi connectivity index (χ0n) is 7.91. The Morgan fingerprint density at radius 1 is 1.29 bits per heavy atom. The van der Waals surface area contributed by atoms with Crippen molar-refractivity contribution in [3.63, 3.8) is 0 Å². The van der Waals surface area contributed by atoms with Crippen LogP contribution in [0.3, 0.4) is 0 Å². The number of pyridine rings is 1. The second-order valence-electron chi connectivity index (χ2n) is 3.00. The molecule has 1 aromatic carbocycles. The quantitative estimate of drug-likeness (QED) is 0.784. The smallest absolute Gasteiger partial charge is 0.248 e. The maximum atomic E-state index is 11.0. The largest absolute Gasteiger partial charge is 0.494 e. The van der Waals surface area contributed by atoms with Gasteiger partial charge in [0, 0.05) is 17.0 Å². The highest BCUT2D eigenvalue weighted by Gasteiger charge is 1.96. The van der Waals surface area contributed by atoms with Gasteiger partial charge in [-0.15, -0.1) is 0 Å². The predicted molar refractivity (Wildman–Crippen MR) is 55.7 cm³/mol. The first-order valence-corrected chi connectivity index (χ1v) is 4.55. The van der Waals surface area contributed by atoms with Crippen LogP contribution in [0.4, 0.5) is 0 Å². The molecule has 0 unspecified atom stereocenters. The minimum absolute atomic E-state index is 0.0818. The van der Waals surface area contributed by atoms with Gasteiger partial charge in [0.2, 0.25) is 5.56 Å². The third kappa shape index (κ3) is 1.62. The molecular weight excluding hydrogens is 178 g/mol. The first kappa shape index (κ1) is 8.81. The van der Waals surface area contributed by atoms with Gasteiger partial charge in [0.05, 0.1) is 6.61 Å². The second-order valence-corrected chi connectivity index (χ2v) is 3.00. The van der Waals surface area contributed by atoms with Gasteiger partial charge in [0.15, 0.2) is 0 Å². The van der Waals surface area contributed by atoms with E-state index in [9.17, 15) is 4.79 Å². The molecule has 0 amide bonds. The minimum Gasteiger partial charge on any atom is -0.494 e. The zero-order chi connectivity index (χ0) is 9.97. The first-order chi connectivity index (χ1) is 6.79. The van der Waals surface area contributed by atoms with E-state index in [-0.39, 0.29) is 5.56 Å². The summed E-state index contributed by atoms with van der Waals surface area (Å²) >= 11 is 0. The molecule has 0 saturated heterocycles. The van der Waals surface area contributed by atoms with Crippen LogP contribution in [-0.2, 0) is 0 Å². The van der Waals surface area contributed by atoms with E-state index in [0.29, 0.717) is 6.61 Å². The van der Waals surface area contributed by atoms with E-state index in [4.69, 9.17) is 4.74 Å². The molecule has 3 nitrogen and oxygen atoms in total. The van der Waals surface area contributed by atoms with Crippen LogP contribution < -0.4 is 10.3 Å². The SMILES string of the molecule is CCOc1ccc2[nH]c(=O)ccc2c1. The molecule has 0 bridgehead atoms. The van der Waals surface area contributed by atoms with Gasteiger partial charge in [-0.3, -0.25) is 4.79 Å². The first-order valence-electron chi connectivity index (χ1n) is 4.55. The maximum Gasteiger partial charge on any atom is 0.248 e. The standard InChI is InChI=1S/C11H11NO2/c1-2-14-9-4-5-10-8(7-9)3-6-11(13)12-10/h3-7H,2H2,1H3,(H,12,13). The summed E-state index contributed by atoms with van der Waals surface area (Å²) in [7, 11) is 0. The van der Waals surface area contributed by atoms with Crippen molar-refractivity contribution in [1.82, 2.24) is 4.98 Å². The molecule has 0 aliphatic heterocycles. The van der Waals surface area contributed by atoms with Gasteiger partial charge in [-0.1, -0.05) is 0 Å². The van der Waals surface area contributed by atoms with Crippen LogP contribution in [-0.4, -0.2) is 11.6 Å². The number of aromatic amines is 1. The molecule has 0 radical (unpaired) electrons. The Bertz CT molecular complexity index is 502. The van der Waals surface area contributed by atoms with Crippen molar-refractivity contribution in [1.29, 1.82) is 0 Å². The number of H-pyrrole nitrogens is 1. The van der Waals surface area contributed by atoms with Gasteiger partial charge in [0.25, 0.3) is 0 Å². The van der Waals surface area contributed by atoms with Gasteiger partial charge >= 0.3 is 0 Å². The summed E-state index contributed by atoms with van der Waals surface area (Å²) in [5, 5.41) is 0.982. The van der Waals surface area contributed by atoms with E-state index in [2.05, 4.69) is 4.98 Å². The lowest BCUT2D eigenvalue weighted by atomic mass is 10.2. The monoisotopic (exact) mass is 189 g/mol. The lowest BCUT2D eigenvalue weighted by Crippen LogP contribution is -2.02. The van der Waals surface area contributed by atoms with Crippen LogP contribution >= 0.6 is 0 Å². The number of aromatic nitrogens is 1. The lowest BCUT2D eigenvalue weighted by molar-refractivity contribution is 0.340. The van der Waals surface area contributed by atoms with E-state index < -0.39 is 0 Å². The van der Waals surface area contributed by atoms with Crippen LogP contribution in [0.2, 0.25) is 0 Å². The fourth-order valence-electron chi connectivity index (χ4n) is 1.39. The number of hydrogen-bond acceptors (Lipinski definition) is 2. The highest BCUT2D eigenvalue weighted by atomic mass is 16.5. The number of hydrogen-bond donors (Lipinski definition) is 1. The fraction of sp³-hybridized carbons (Fsp3) is 0.182. The van der Waals surface area contributed by atoms with Crippen LogP contribution in [0.15, 0.2) is 35.1 Å². The molecule has 72 valence electrons. The normalized spacial score (nSPS) is 10.4. The van der Waals surface area contributed by atoms with Crippen LogP contribution in [0, 0.1) is 0 Å². The summed E-state index contributed by atoms with van der Waals surface area (Å²) < 4.78 is 5.35. The van der Waals surface area contributed by atoms with Crippen LogP contribution in [0.5, 0.6) is 5.75 Å². The Balaban J connectivity index is 2.56. The fourth-order valence-corrected chi connectivity index (χ4v) is 1.39. The third-order valence-corrected chi connectivity index (χ3v) is 2.01. The number of benzene rings is 1. The summed E-state index contributed by atoms with van der Waals surface area (Å²) in [5.74, 6) is 0.826. The van der Waals surface area contributed by atoms with Crippen molar-refractivity contribution < 1.29 is 4.74 Å². The molecule has 14 heavy (non-hydrogen) atoms. The molecule has 0 atom stereocenters. The highest BCUT2D eigenvalue weighted by Crippen LogP contribution is 2.17. The summed E-state index contributed by atoms with van der Waals surface area (Å²) in [6, 6.07) is 8.91. The Morgan fingerprint density at radius 3 is 2.93 bits per heavy atom. The molecule has 0 aliphatic carbocycles. The van der Waals surface area contributed by atoms with Crippen LogP contribution in [0.25, 0.3) is 10.9 Å². The summed E-state index contributed by atoms with van der Waals surface area (Å²) in [5.41, 5.74) is 0.752. The molecule has 0 saturated carbocycles. The number of nitrogens with one attached hydrogen (secondary N) is 1. The number of rotatable bonds is 2. The van der Waals surface area contributed by atoms with Crippen molar-refractivity contribution in [3.8, 4) is 5.75 Å². The summed E-state index contributed by atoms with van der Waals surface area (Å²) in [6.45, 7) is 2.59. The van der Waals surface area contributed by atoms with E-state index in [1.54, 1.807) is 6.07 Å². The predicted octanol–water partition coefficient (Wildman–Crippen LogP) is 1.93. The molecule has 0 fully saturated rings. The molecule has 3 heteroatoms. The average Bonchev–Trinajstić information content (AvgIpc) is 2.19. The van der Waals surface area contributed by atoms with Crippen molar-refractivity contribution in [2.24, 2.45) is 0 Å². The zero-order valence-corrected chi connectivity index (χ0v) is 7.91. The maximum absolute atomic E-state index is 11.0. The van der Waals surface area contributed by atoms with Crippen molar-refractivity contribution in [3.05, 3.63) is 40.7 Å². The van der Waals surface area contributed by atoms with Crippen molar-refractivity contribution in [2.75, 3.05) is 6.61 Å². The Hall–Kier alpha value is -1.77. The third-order valence-electron chi connectivity index (χ3n) is 2.01. The molecule has 0 aliphatic rings. The lowest BCUT2D eigenvalue weighted by Gasteiger charge is -2.03. The van der Waals surface area contributed by atoms with Gasteiger partial charge < -0.3 is 9.72 Å². The molecule has 2 rings (SSSR count). The molecule has 2 aromatic rings. The van der Waals surface area contributed by atoms with Gasteiger partial charge in [0.1, 0.15) is 5.75 Å². The van der Waals surface area contributed by atoms with Gasteiger partial charge in [-0.25, -0.2) is 0 Å². The summed E-state index contributed by atoms with van der Waals surface area (Å²) in [4.78, 5) is 13.8. The Kier molecular flexibility index (Phi) is 2.23. The number of ether oxygens (including phenoxy) is 1. The van der Waals surface area contributed by atoms with E-state index in [1.165, 1.54) is 6.07 Å². The van der Waals surface area contributed by atoms with Crippen molar-refractivity contribution >= 4 is 10.9 Å². The molecule has 0 spiro atoms. The Morgan fingerprint density at radius 2 is 2.14 bits per heavy atom. The molecular formula is C11H11NO2. The number of fused-ring (bicyclic) bond motifs is 1. The van der Waals surface area contributed by atoms with E-state index in [1.807, 2.05) is 25.1 Å². The Labute approximate surface area is 81.3 Å². The molecule has 1 heterocycles.